The molecule has 0 unspecified atom stereocenters. The summed E-state index contributed by atoms with van der Waals surface area (Å²) in [6, 6.07) is 20.5. The van der Waals surface area contributed by atoms with E-state index in [1.807, 2.05) is 0 Å². The molecule has 2 aliphatic heterocycles. The van der Waals surface area contributed by atoms with Gasteiger partial charge in [-0.3, -0.25) is 29.4 Å². The maximum atomic E-state index is 12.2. The van der Waals surface area contributed by atoms with Gasteiger partial charge >= 0.3 is 42.9 Å². The number of nitrogens with zero attached hydrogens (tertiary/aromatic N) is 2. The molecule has 8 N–H and O–H groups in total. The maximum absolute atomic E-state index is 12.2. The van der Waals surface area contributed by atoms with Crippen molar-refractivity contribution in [3.05, 3.63) is 125 Å². The summed E-state index contributed by atoms with van der Waals surface area (Å²) in [5.74, 6) is -4.63. The molecule has 27 heteroatoms. The Morgan fingerprint density at radius 2 is 1.14 bits per heavy atom. The van der Waals surface area contributed by atoms with Crippen LogP contribution in [-0.2, 0) is 74.2 Å². The number of carbonyl (C=O) groups is 3. The molecule has 0 amide bonds. The number of ether oxygens (including phenoxy) is 6. The fourth-order valence-electron chi connectivity index (χ4n) is 6.31. The third-order valence-corrected chi connectivity index (χ3v) is 10.3. The summed E-state index contributed by atoms with van der Waals surface area (Å²) in [7, 11) is 4.19. The molecular formula is C47H58Cl4N6NaO15V+. The minimum absolute atomic E-state index is 0. The fraction of sp³-hybridized carbons (Fsp3) is 0.362. The molecule has 2 fully saturated rings. The van der Waals surface area contributed by atoms with E-state index in [-0.39, 0.29) is 121 Å². The number of aromatic amines is 2. The second-order valence-electron chi connectivity index (χ2n) is 14.9. The van der Waals surface area contributed by atoms with Crippen molar-refractivity contribution < 1.29 is 113 Å². The molecule has 399 valence electrons. The van der Waals surface area contributed by atoms with Crippen LogP contribution in [0.25, 0.3) is 22.8 Å². The number of nitrogen functional groups attached to an aromatic ring is 1. The Morgan fingerprint density at radius 1 is 0.757 bits per heavy atom. The van der Waals surface area contributed by atoms with Crippen molar-refractivity contribution in [2.24, 2.45) is 11.7 Å². The number of nitrogens with two attached hydrogens (primary N) is 1. The van der Waals surface area contributed by atoms with Gasteiger partial charge in [-0.2, -0.15) is 17.1 Å². The molecule has 0 atom stereocenters. The fourth-order valence-corrected chi connectivity index (χ4v) is 6.88. The van der Waals surface area contributed by atoms with Crippen LogP contribution in [0.3, 0.4) is 0 Å². The van der Waals surface area contributed by atoms with Crippen molar-refractivity contribution in [3.8, 4) is 34.5 Å². The summed E-state index contributed by atoms with van der Waals surface area (Å²) in [5, 5.41) is 43.8. The first-order chi connectivity index (χ1) is 33.7. The van der Waals surface area contributed by atoms with Gasteiger partial charge < -0.3 is 64.5 Å². The van der Waals surface area contributed by atoms with E-state index in [9.17, 15) is 34.2 Å². The first kappa shape index (κ1) is 71.7. The number of H-pyrrole nitrogens is 2. The molecule has 0 saturated carbocycles. The van der Waals surface area contributed by atoms with Gasteiger partial charge in [0.15, 0.2) is 17.5 Å². The number of halogens is 4. The molecule has 7 rings (SSSR count). The number of Topliss-reactive ketones (excluding diaryl/α,β-unsaturated/α-hetero) is 1. The van der Waals surface area contributed by atoms with E-state index in [0.717, 1.165) is 14.2 Å². The smallest absolute Gasteiger partial charge is 0.857 e. The first-order valence-electron chi connectivity index (χ1n) is 21.0. The monoisotopic (exact) mass is 1160 g/mol. The van der Waals surface area contributed by atoms with E-state index >= 15 is 0 Å². The number of hydrogen-bond donors (Lipinski definition) is 7. The molecule has 2 aromatic heterocycles. The van der Waals surface area contributed by atoms with Gasteiger partial charge in [0.2, 0.25) is 11.8 Å². The molecule has 5 aromatic rings. The van der Waals surface area contributed by atoms with Crippen LogP contribution < -0.4 is 51.5 Å². The van der Waals surface area contributed by atoms with Crippen LogP contribution in [-0.4, -0.2) is 125 Å². The van der Waals surface area contributed by atoms with E-state index in [1.165, 1.54) is 21.1 Å². The Morgan fingerprint density at radius 3 is 1.47 bits per heavy atom. The van der Waals surface area contributed by atoms with Crippen LogP contribution in [0.5, 0.6) is 11.8 Å². The van der Waals surface area contributed by atoms with Crippen LogP contribution in [0.4, 0.5) is 0 Å². The number of methoxy groups -OCH3 is 2. The van der Waals surface area contributed by atoms with Gasteiger partial charge in [-0.15, -0.1) is 12.4 Å². The van der Waals surface area contributed by atoms with Gasteiger partial charge in [0, 0.05) is 76.7 Å². The molecule has 74 heavy (non-hydrogen) atoms. The van der Waals surface area contributed by atoms with E-state index in [1.54, 1.807) is 86.6 Å². The van der Waals surface area contributed by atoms with Gasteiger partial charge in [-0.25, -0.2) is 0 Å². The molecule has 2 aliphatic rings. The Balaban J connectivity index is -0.000000909. The standard InChI is InChI=1S/C15H15ClN2O4.C13H11ClN2O3.C10H16O6.C7H7ClN2.CH4O.CH3O.ClH.Na.V/c1-15(21-5-6-22-15)8-11-13(19)17-12(18-14(11)20)9-3-2-4-10(16)7-9;1-7(17)5-10-12(18)15-11(16-13(10)19)8-3-2-4-9(14)6-8;1-10(15-4-5-16-10)6-7(8(11)13-2)9(12)14-3;8-6-3-1-2-5(4-6)7(9)10;2*1-2;;;/h2-4,7H,5-6,8H2,1H3,(H2,17,18,19,20);2-4,6H,5H2,1H3,(H2,15,16,18,19);7H,4-6H2,1-3H3;1-4H,(H3,9,10);2H,1H3;1H3;1H;;/q;;;;;-1;;+1;/p+1. The number of rotatable bonds is 11. The third-order valence-electron chi connectivity index (χ3n) is 9.59. The van der Waals surface area contributed by atoms with Gasteiger partial charge in [-0.05, 0) is 57.2 Å². The van der Waals surface area contributed by atoms with Gasteiger partial charge in [0.25, 0.3) is 11.1 Å². The normalized spacial score (nSPS) is 13.1. The number of benzene rings is 3. The SMILES string of the molecule is CC(=O)Cc1c(O)nc(-c2cccc(Cl)c2)[nH]c1=O.CC1(Cc2c(O)nc(-c3cccc(Cl)c3)[nH]c2=O)OCCO1.CO.COC(=O)C(CC1(C)OCCO1)C(=O)OC.C[O-].Cl.N=C(N)c1cccc(Cl)c1.[H+].[Na+].[V]. The number of esters is 2. The molecule has 0 aliphatic carbocycles. The molecule has 3 aromatic carbocycles. The Bertz CT molecular complexity index is 2680. The van der Waals surface area contributed by atoms with Crippen LogP contribution in [0.15, 0.2) is 82.4 Å². The number of aromatic nitrogens is 4. The van der Waals surface area contributed by atoms with Crippen molar-refractivity contribution in [3.63, 3.8) is 0 Å². The van der Waals surface area contributed by atoms with Gasteiger partial charge in [-0.1, -0.05) is 71.2 Å². The average Bonchev–Trinajstić information content (AvgIpc) is 3.99. The summed E-state index contributed by atoms with van der Waals surface area (Å²) in [6.07, 6.45) is 0.0628. The molecule has 0 spiro atoms. The van der Waals surface area contributed by atoms with Crippen LogP contribution in [0, 0.1) is 11.3 Å². The van der Waals surface area contributed by atoms with E-state index < -0.39 is 46.4 Å². The summed E-state index contributed by atoms with van der Waals surface area (Å²) in [4.78, 5) is 71.0. The number of hydrogen-bond acceptors (Lipinski definition) is 18. The van der Waals surface area contributed by atoms with Crippen molar-refractivity contribution >= 4 is 70.8 Å². The van der Waals surface area contributed by atoms with Crippen molar-refractivity contribution in [2.75, 3.05) is 54.9 Å². The van der Waals surface area contributed by atoms with Gasteiger partial charge in [0.1, 0.15) is 23.3 Å². The van der Waals surface area contributed by atoms with Crippen LogP contribution in [0.2, 0.25) is 15.1 Å². The molecular weight excluding hydrogens is 1100 g/mol. The molecule has 4 heterocycles. The number of nitrogens with one attached hydrogen (secondary N) is 3. The number of ketones is 1. The quantitative estimate of drug-likeness (QED) is 0.0326. The second-order valence-corrected chi connectivity index (χ2v) is 16.2. The number of aliphatic hydroxyl groups is 1. The predicted molar refractivity (Wildman–Crippen MR) is 270 cm³/mol. The third kappa shape index (κ3) is 23.2. The Hall–Kier alpha value is -4.40. The minimum atomic E-state index is -1.02. The van der Waals surface area contributed by atoms with Crippen LogP contribution in [0.1, 0.15) is 45.3 Å². The summed E-state index contributed by atoms with van der Waals surface area (Å²) < 4.78 is 30.6. The summed E-state index contributed by atoms with van der Waals surface area (Å²) >= 11 is 17.4. The molecule has 21 nitrogen and oxygen atoms in total. The van der Waals surface area contributed by atoms with Gasteiger partial charge in [0.05, 0.1) is 51.8 Å². The summed E-state index contributed by atoms with van der Waals surface area (Å²) in [6.45, 7) is 6.57. The van der Waals surface area contributed by atoms with Crippen molar-refractivity contribution in [2.45, 2.75) is 51.6 Å². The van der Waals surface area contributed by atoms with Crippen LogP contribution >= 0.6 is 47.2 Å². The van der Waals surface area contributed by atoms with E-state index in [2.05, 4.69) is 29.4 Å². The maximum Gasteiger partial charge on any atom is 1.00 e. The Kier molecular flexibility index (Phi) is 34.7. The topological polar surface area (TPSA) is 332 Å². The number of aliphatic hydroxyl groups excluding tert-OH is 1. The Labute approximate surface area is 483 Å². The largest absolute Gasteiger partial charge is 1.00 e. The average molecular weight is 1160 g/mol. The second kappa shape index (κ2) is 35.8. The zero-order valence-corrected chi connectivity index (χ0v) is 48.1. The minimum Gasteiger partial charge on any atom is -0.857 e. The van der Waals surface area contributed by atoms with E-state index in [4.69, 9.17) is 75.1 Å². The molecule has 1 radical (unpaired) electrons. The molecule has 2 saturated heterocycles. The zero-order chi connectivity index (χ0) is 53.5. The summed E-state index contributed by atoms with van der Waals surface area (Å²) in [5.41, 5.74) is 6.21. The van der Waals surface area contributed by atoms with Crippen molar-refractivity contribution in [1.29, 1.82) is 5.41 Å². The number of carbonyl (C=O) groups excluding carboxylic acids is 3. The molecule has 0 bridgehead atoms. The number of amidine groups is 1. The zero-order valence-electron chi connectivity index (χ0n) is 42.7. The predicted octanol–water partition coefficient (Wildman–Crippen LogP) is 1.88. The van der Waals surface area contributed by atoms with E-state index in [0.29, 0.717) is 58.2 Å². The first-order valence-corrected chi connectivity index (χ1v) is 22.1. The number of aromatic hydroxyl groups is 2. The van der Waals surface area contributed by atoms with Crippen molar-refractivity contribution in [1.82, 2.24) is 19.9 Å².